The van der Waals surface area contributed by atoms with Crippen molar-refractivity contribution in [3.63, 3.8) is 0 Å². The maximum absolute atomic E-state index is 9.31. The van der Waals surface area contributed by atoms with Crippen LogP contribution in [0.4, 0.5) is 0 Å². The standard InChI is InChI=1S/C9H7NO.Ca.2H/c11-8-5-1-3-7-4-2-6-10-9(7)8;;;/h1-6,11H;;;. The zero-order valence-corrected chi connectivity index (χ0v) is 5.86. The zero-order chi connectivity index (χ0) is 7.68. The fourth-order valence-corrected chi connectivity index (χ4v) is 1.09. The number of hydrogen-bond donors (Lipinski definition) is 1. The molecule has 2 aromatic rings. The first kappa shape index (κ1) is 9.78. The molecule has 0 bridgehead atoms. The Morgan fingerprint density at radius 2 is 1.83 bits per heavy atom. The van der Waals surface area contributed by atoms with Gasteiger partial charge >= 0.3 is 37.7 Å². The van der Waals surface area contributed by atoms with Crippen molar-refractivity contribution in [2.24, 2.45) is 0 Å². The Hall–Kier alpha value is -0.310. The molecule has 1 heterocycles. The van der Waals surface area contributed by atoms with Crippen LogP contribution in [0.25, 0.3) is 10.9 Å². The molecule has 0 atom stereocenters. The number of aromatic nitrogens is 1. The quantitative estimate of drug-likeness (QED) is 0.625. The molecule has 0 aliphatic carbocycles. The number of para-hydroxylation sites is 1. The number of benzene rings is 1. The Labute approximate surface area is 100 Å². The van der Waals surface area contributed by atoms with Crippen molar-refractivity contribution in [2.45, 2.75) is 0 Å². The van der Waals surface area contributed by atoms with Crippen LogP contribution in [0.1, 0.15) is 0 Å². The van der Waals surface area contributed by atoms with Crippen molar-refractivity contribution in [3.05, 3.63) is 36.5 Å². The van der Waals surface area contributed by atoms with E-state index in [0.29, 0.717) is 5.52 Å². The Morgan fingerprint density at radius 1 is 1.08 bits per heavy atom. The molecule has 1 aromatic heterocycles. The number of phenolic OH excluding ortho intramolecular Hbond substituents is 1. The maximum atomic E-state index is 9.31. The Morgan fingerprint density at radius 3 is 2.58 bits per heavy atom. The fraction of sp³-hybridized carbons (Fsp3) is 0. The van der Waals surface area contributed by atoms with Crippen LogP contribution >= 0.6 is 0 Å². The molecule has 0 radical (unpaired) electrons. The summed E-state index contributed by atoms with van der Waals surface area (Å²) in [5.41, 5.74) is 0.662. The van der Waals surface area contributed by atoms with Crippen LogP contribution in [0.2, 0.25) is 0 Å². The van der Waals surface area contributed by atoms with Gasteiger partial charge in [0.05, 0.1) is 0 Å². The first-order valence-electron chi connectivity index (χ1n) is 3.40. The van der Waals surface area contributed by atoms with Crippen molar-refractivity contribution in [2.75, 3.05) is 0 Å². The number of phenols is 1. The average molecular weight is 187 g/mol. The van der Waals surface area contributed by atoms with Gasteiger partial charge < -0.3 is 5.11 Å². The predicted molar refractivity (Wildman–Crippen MR) is 52.0 cm³/mol. The van der Waals surface area contributed by atoms with E-state index in [1.807, 2.05) is 18.2 Å². The SMILES string of the molecule is Oc1cccc2cccnc12.[CaH2]. The van der Waals surface area contributed by atoms with E-state index in [1.165, 1.54) is 0 Å². The number of aromatic hydroxyl groups is 1. The van der Waals surface area contributed by atoms with Crippen LogP contribution in [0.3, 0.4) is 0 Å². The molecule has 0 amide bonds. The van der Waals surface area contributed by atoms with Crippen molar-refractivity contribution < 1.29 is 5.11 Å². The molecule has 0 fully saturated rings. The Bertz CT molecular complexity index is 384. The molecule has 2 rings (SSSR count). The fourth-order valence-electron chi connectivity index (χ4n) is 1.09. The summed E-state index contributed by atoms with van der Waals surface area (Å²) < 4.78 is 0. The van der Waals surface area contributed by atoms with Gasteiger partial charge in [-0.1, -0.05) is 18.2 Å². The van der Waals surface area contributed by atoms with Crippen LogP contribution in [0, 0.1) is 0 Å². The van der Waals surface area contributed by atoms with Gasteiger partial charge in [0, 0.05) is 11.6 Å². The van der Waals surface area contributed by atoms with Gasteiger partial charge in [-0.15, -0.1) is 0 Å². The van der Waals surface area contributed by atoms with Gasteiger partial charge in [-0.3, -0.25) is 4.98 Å². The van der Waals surface area contributed by atoms with Crippen molar-refractivity contribution in [1.82, 2.24) is 4.98 Å². The molecule has 0 aliphatic heterocycles. The van der Waals surface area contributed by atoms with Gasteiger partial charge in [-0.25, -0.2) is 0 Å². The Balaban J connectivity index is 0.000000720. The van der Waals surface area contributed by atoms with E-state index in [2.05, 4.69) is 4.98 Å². The minimum atomic E-state index is 0. The van der Waals surface area contributed by atoms with Crippen LogP contribution in [0.5, 0.6) is 5.75 Å². The second kappa shape index (κ2) is 4.08. The van der Waals surface area contributed by atoms with E-state index in [4.69, 9.17) is 0 Å². The molecular weight excluding hydrogens is 178 g/mol. The molecule has 0 saturated heterocycles. The van der Waals surface area contributed by atoms with Crippen LogP contribution in [0.15, 0.2) is 36.5 Å². The van der Waals surface area contributed by atoms with E-state index < -0.39 is 0 Å². The van der Waals surface area contributed by atoms with Gasteiger partial charge in [0.25, 0.3) is 0 Å². The molecule has 3 heteroatoms. The molecule has 2 nitrogen and oxygen atoms in total. The van der Waals surface area contributed by atoms with Crippen LogP contribution in [-0.2, 0) is 0 Å². The van der Waals surface area contributed by atoms with Gasteiger partial charge in [-0.05, 0) is 12.1 Å². The summed E-state index contributed by atoms with van der Waals surface area (Å²) in [4.78, 5) is 4.03. The zero-order valence-electron chi connectivity index (χ0n) is 5.86. The topological polar surface area (TPSA) is 33.1 Å². The second-order valence-corrected chi connectivity index (χ2v) is 2.35. The Kier molecular flexibility index (Phi) is 3.32. The molecule has 0 spiro atoms. The average Bonchev–Trinajstić information content (AvgIpc) is 2.06. The van der Waals surface area contributed by atoms with Gasteiger partial charge in [0.2, 0.25) is 0 Å². The van der Waals surface area contributed by atoms with E-state index in [0.717, 1.165) is 5.39 Å². The van der Waals surface area contributed by atoms with Crippen LogP contribution in [-0.4, -0.2) is 47.8 Å². The van der Waals surface area contributed by atoms with E-state index in [9.17, 15) is 5.11 Å². The number of rotatable bonds is 0. The molecule has 1 aromatic carbocycles. The number of hydrogen-bond acceptors (Lipinski definition) is 2. The monoisotopic (exact) mass is 187 g/mol. The normalized spacial score (nSPS) is 9.33. The van der Waals surface area contributed by atoms with Crippen molar-refractivity contribution in [1.29, 1.82) is 0 Å². The molecular formula is C9H9CaNO. The molecule has 0 saturated carbocycles. The first-order valence-corrected chi connectivity index (χ1v) is 3.40. The van der Waals surface area contributed by atoms with Crippen LogP contribution < -0.4 is 0 Å². The summed E-state index contributed by atoms with van der Waals surface area (Å²) in [6.07, 6.45) is 1.67. The van der Waals surface area contributed by atoms with Gasteiger partial charge in [0.15, 0.2) is 0 Å². The summed E-state index contributed by atoms with van der Waals surface area (Å²) in [6, 6.07) is 9.13. The molecule has 1 N–H and O–H groups in total. The predicted octanol–water partition coefficient (Wildman–Crippen LogP) is 1.02. The molecule has 0 aliphatic rings. The third-order valence-corrected chi connectivity index (χ3v) is 1.61. The molecule has 12 heavy (non-hydrogen) atoms. The van der Waals surface area contributed by atoms with E-state index >= 15 is 0 Å². The first-order chi connectivity index (χ1) is 5.38. The summed E-state index contributed by atoms with van der Waals surface area (Å²) in [6.45, 7) is 0. The molecule has 58 valence electrons. The summed E-state index contributed by atoms with van der Waals surface area (Å²) in [5.74, 6) is 0.239. The number of fused-ring (bicyclic) bond motifs is 1. The minimum absolute atomic E-state index is 0. The summed E-state index contributed by atoms with van der Waals surface area (Å²) in [5, 5.41) is 10.3. The van der Waals surface area contributed by atoms with E-state index in [-0.39, 0.29) is 43.5 Å². The third kappa shape index (κ3) is 1.71. The summed E-state index contributed by atoms with van der Waals surface area (Å²) >= 11 is 0. The van der Waals surface area contributed by atoms with Crippen molar-refractivity contribution in [3.8, 4) is 5.75 Å². The third-order valence-electron chi connectivity index (χ3n) is 1.61. The summed E-state index contributed by atoms with van der Waals surface area (Å²) in [7, 11) is 0. The number of pyridine rings is 1. The number of nitrogens with zero attached hydrogens (tertiary/aromatic N) is 1. The second-order valence-electron chi connectivity index (χ2n) is 2.35. The van der Waals surface area contributed by atoms with Gasteiger partial charge in [-0.2, -0.15) is 0 Å². The van der Waals surface area contributed by atoms with E-state index in [1.54, 1.807) is 18.3 Å². The van der Waals surface area contributed by atoms with Gasteiger partial charge in [0.1, 0.15) is 11.3 Å². The molecule has 0 unspecified atom stereocenters. The van der Waals surface area contributed by atoms with Crippen molar-refractivity contribution >= 4 is 48.6 Å².